The first-order valence-electron chi connectivity index (χ1n) is 4.07. The van der Waals surface area contributed by atoms with Gasteiger partial charge in [-0.3, -0.25) is 0 Å². The first-order chi connectivity index (χ1) is 6.24. The third kappa shape index (κ3) is 1.63. The van der Waals surface area contributed by atoms with E-state index in [0.29, 0.717) is 5.88 Å². The van der Waals surface area contributed by atoms with E-state index in [1.165, 1.54) is 0 Å². The summed E-state index contributed by atoms with van der Waals surface area (Å²) < 4.78 is 6.84. The van der Waals surface area contributed by atoms with E-state index in [1.54, 1.807) is 18.0 Å². The van der Waals surface area contributed by atoms with Gasteiger partial charge in [-0.25, -0.2) is 4.68 Å². The van der Waals surface area contributed by atoms with Gasteiger partial charge in [-0.1, -0.05) is 6.92 Å². The summed E-state index contributed by atoms with van der Waals surface area (Å²) in [5.74, 6) is 5.78. The highest BCUT2D eigenvalue weighted by molar-refractivity contribution is 5.84. The summed E-state index contributed by atoms with van der Waals surface area (Å²) in [6.07, 6.45) is 2.39. The Hall–Kier alpha value is -1.52. The van der Waals surface area contributed by atoms with E-state index >= 15 is 0 Å². The van der Waals surface area contributed by atoms with Crippen molar-refractivity contribution in [1.82, 2.24) is 9.78 Å². The van der Waals surface area contributed by atoms with Gasteiger partial charge >= 0.3 is 0 Å². The van der Waals surface area contributed by atoms with Gasteiger partial charge in [-0.15, -0.1) is 0 Å². The van der Waals surface area contributed by atoms with Crippen molar-refractivity contribution in [2.45, 2.75) is 13.3 Å². The Labute approximate surface area is 77.2 Å². The number of rotatable bonds is 3. The average molecular weight is 182 g/mol. The Balaban J connectivity index is 3.23. The fourth-order valence-corrected chi connectivity index (χ4v) is 1.29. The molecule has 1 rings (SSSR count). The Morgan fingerprint density at radius 2 is 2.38 bits per heavy atom. The van der Waals surface area contributed by atoms with Gasteiger partial charge < -0.3 is 10.6 Å². The molecule has 0 unspecified atom stereocenters. The van der Waals surface area contributed by atoms with Crippen LogP contribution in [0.5, 0.6) is 5.88 Å². The van der Waals surface area contributed by atoms with Gasteiger partial charge in [0.25, 0.3) is 0 Å². The number of nitrogens with zero attached hydrogens (tertiary/aromatic N) is 3. The van der Waals surface area contributed by atoms with E-state index in [4.69, 9.17) is 10.6 Å². The van der Waals surface area contributed by atoms with Crippen LogP contribution in [0.15, 0.2) is 5.10 Å². The molecule has 1 aromatic rings. The second-order valence-electron chi connectivity index (χ2n) is 2.62. The quantitative estimate of drug-likeness (QED) is 0.415. The molecule has 72 valence electrons. The molecule has 0 spiro atoms. The first kappa shape index (κ1) is 9.57. The zero-order valence-corrected chi connectivity index (χ0v) is 8.11. The molecule has 0 saturated heterocycles. The standard InChI is InChI=1S/C8H14N4O/c1-4-7-6(5-10-9)8(13-3)12(2)11-7/h5H,4,9H2,1-3H3/b10-5+. The van der Waals surface area contributed by atoms with E-state index in [1.807, 2.05) is 14.0 Å². The number of methoxy groups -OCH3 is 1. The molecular formula is C8H14N4O. The monoisotopic (exact) mass is 182 g/mol. The highest BCUT2D eigenvalue weighted by Crippen LogP contribution is 2.19. The predicted molar refractivity (Wildman–Crippen MR) is 50.9 cm³/mol. The van der Waals surface area contributed by atoms with Crippen molar-refractivity contribution in [3.63, 3.8) is 0 Å². The lowest BCUT2D eigenvalue weighted by Gasteiger charge is -1.99. The molecule has 5 heteroatoms. The Bertz CT molecular complexity index is 316. The molecule has 2 N–H and O–H groups in total. The second kappa shape index (κ2) is 3.93. The van der Waals surface area contributed by atoms with E-state index < -0.39 is 0 Å². The highest BCUT2D eigenvalue weighted by atomic mass is 16.5. The number of nitrogens with two attached hydrogens (primary N) is 1. The number of aryl methyl sites for hydroxylation is 2. The summed E-state index contributed by atoms with van der Waals surface area (Å²) >= 11 is 0. The van der Waals surface area contributed by atoms with Crippen LogP contribution >= 0.6 is 0 Å². The van der Waals surface area contributed by atoms with Gasteiger partial charge in [0.2, 0.25) is 5.88 Å². The summed E-state index contributed by atoms with van der Waals surface area (Å²) in [7, 11) is 3.43. The summed E-state index contributed by atoms with van der Waals surface area (Å²) in [6.45, 7) is 2.02. The predicted octanol–water partition coefficient (Wildman–Crippen LogP) is 0.284. The highest BCUT2D eigenvalue weighted by Gasteiger charge is 2.12. The smallest absolute Gasteiger partial charge is 0.220 e. The first-order valence-corrected chi connectivity index (χ1v) is 4.07. The van der Waals surface area contributed by atoms with Crippen LogP contribution in [-0.2, 0) is 13.5 Å². The molecule has 0 aromatic carbocycles. The molecule has 0 amide bonds. The fraction of sp³-hybridized carbons (Fsp3) is 0.500. The Morgan fingerprint density at radius 3 is 2.85 bits per heavy atom. The molecule has 0 radical (unpaired) electrons. The fourth-order valence-electron chi connectivity index (χ4n) is 1.29. The molecule has 0 saturated carbocycles. The molecule has 0 aliphatic rings. The summed E-state index contributed by atoms with van der Waals surface area (Å²) in [6, 6.07) is 0. The molecule has 0 aliphatic heterocycles. The van der Waals surface area contributed by atoms with Crippen LogP contribution in [0, 0.1) is 0 Å². The zero-order valence-electron chi connectivity index (χ0n) is 8.11. The lowest BCUT2D eigenvalue weighted by molar-refractivity contribution is 0.373. The van der Waals surface area contributed by atoms with Gasteiger partial charge in [0, 0.05) is 7.05 Å². The lowest BCUT2D eigenvalue weighted by Crippen LogP contribution is -1.97. The van der Waals surface area contributed by atoms with Gasteiger partial charge in [-0.2, -0.15) is 10.2 Å². The van der Waals surface area contributed by atoms with Crippen molar-refractivity contribution in [2.24, 2.45) is 18.0 Å². The van der Waals surface area contributed by atoms with Crippen molar-refractivity contribution in [2.75, 3.05) is 7.11 Å². The largest absolute Gasteiger partial charge is 0.481 e. The SMILES string of the molecule is CCc1nn(C)c(OC)c1/C=N/N. The van der Waals surface area contributed by atoms with Gasteiger partial charge in [0.05, 0.1) is 24.6 Å². The van der Waals surface area contributed by atoms with Crippen LogP contribution < -0.4 is 10.6 Å². The molecule has 0 aliphatic carbocycles. The third-order valence-corrected chi connectivity index (χ3v) is 1.84. The van der Waals surface area contributed by atoms with Crippen LogP contribution in [0.2, 0.25) is 0 Å². The third-order valence-electron chi connectivity index (χ3n) is 1.84. The van der Waals surface area contributed by atoms with Gasteiger partial charge in [-0.05, 0) is 6.42 Å². The zero-order chi connectivity index (χ0) is 9.84. The van der Waals surface area contributed by atoms with E-state index in [0.717, 1.165) is 17.7 Å². The van der Waals surface area contributed by atoms with Crippen molar-refractivity contribution in [3.8, 4) is 5.88 Å². The minimum atomic E-state index is 0.686. The molecule has 0 atom stereocenters. The number of ether oxygens (including phenoxy) is 1. The molecular weight excluding hydrogens is 168 g/mol. The van der Waals surface area contributed by atoms with E-state index in [-0.39, 0.29) is 0 Å². The van der Waals surface area contributed by atoms with Crippen LogP contribution in [-0.4, -0.2) is 23.1 Å². The number of hydrogen-bond donors (Lipinski definition) is 1. The molecule has 0 bridgehead atoms. The van der Waals surface area contributed by atoms with Crippen LogP contribution in [0.3, 0.4) is 0 Å². The maximum absolute atomic E-state index is 5.16. The normalized spacial score (nSPS) is 11.0. The van der Waals surface area contributed by atoms with Gasteiger partial charge in [0.1, 0.15) is 0 Å². The minimum absolute atomic E-state index is 0.686. The number of hydrogen-bond acceptors (Lipinski definition) is 4. The molecule has 1 heterocycles. The average Bonchev–Trinajstić information content (AvgIpc) is 2.43. The van der Waals surface area contributed by atoms with Crippen LogP contribution in [0.25, 0.3) is 0 Å². The van der Waals surface area contributed by atoms with Crippen LogP contribution in [0.4, 0.5) is 0 Å². The summed E-state index contributed by atoms with van der Waals surface area (Å²) in [5, 5.41) is 7.74. The second-order valence-corrected chi connectivity index (χ2v) is 2.62. The lowest BCUT2D eigenvalue weighted by atomic mass is 10.2. The summed E-state index contributed by atoms with van der Waals surface area (Å²) in [5.41, 5.74) is 1.79. The van der Waals surface area contributed by atoms with Crippen LogP contribution in [0.1, 0.15) is 18.2 Å². The maximum Gasteiger partial charge on any atom is 0.220 e. The number of aromatic nitrogens is 2. The topological polar surface area (TPSA) is 65.4 Å². The Kier molecular flexibility index (Phi) is 2.89. The summed E-state index contributed by atoms with van der Waals surface area (Å²) in [4.78, 5) is 0. The van der Waals surface area contributed by atoms with Crippen molar-refractivity contribution < 1.29 is 4.74 Å². The number of hydrazone groups is 1. The van der Waals surface area contributed by atoms with Gasteiger partial charge in [0.15, 0.2) is 0 Å². The maximum atomic E-state index is 5.16. The Morgan fingerprint density at radius 1 is 1.69 bits per heavy atom. The van der Waals surface area contributed by atoms with E-state index in [2.05, 4.69) is 10.2 Å². The molecule has 1 aromatic heterocycles. The van der Waals surface area contributed by atoms with Crippen molar-refractivity contribution in [1.29, 1.82) is 0 Å². The molecule has 5 nitrogen and oxygen atoms in total. The van der Waals surface area contributed by atoms with Crippen molar-refractivity contribution in [3.05, 3.63) is 11.3 Å². The van der Waals surface area contributed by atoms with Crippen molar-refractivity contribution >= 4 is 6.21 Å². The minimum Gasteiger partial charge on any atom is -0.481 e. The molecule has 0 fully saturated rings. The molecule has 13 heavy (non-hydrogen) atoms. The van der Waals surface area contributed by atoms with E-state index in [9.17, 15) is 0 Å².